The van der Waals surface area contributed by atoms with Gasteiger partial charge >= 0.3 is 23.9 Å². The first-order valence-corrected chi connectivity index (χ1v) is 15.9. The molecule has 0 aromatic carbocycles. The van der Waals surface area contributed by atoms with Crippen LogP contribution in [0.4, 0.5) is 0 Å². The molecule has 27 heavy (non-hydrogen) atoms. The van der Waals surface area contributed by atoms with Gasteiger partial charge < -0.3 is 13.6 Å². The monoisotopic (exact) mass is 414 g/mol. The summed E-state index contributed by atoms with van der Waals surface area (Å²) in [6.45, 7) is 8.75. The van der Waals surface area contributed by atoms with E-state index in [-0.39, 0.29) is 36.6 Å². The van der Waals surface area contributed by atoms with E-state index in [1.165, 1.54) is 0 Å². The number of esters is 4. The molecule has 0 spiro atoms. The maximum atomic E-state index is 11.5. The molecule has 2 heterocycles. The predicted molar refractivity (Wildman–Crippen MR) is 103 cm³/mol. The van der Waals surface area contributed by atoms with Gasteiger partial charge in [-0.2, -0.15) is 0 Å². The van der Waals surface area contributed by atoms with E-state index in [1.54, 1.807) is 0 Å². The van der Waals surface area contributed by atoms with Crippen molar-refractivity contribution >= 4 is 40.5 Å². The van der Waals surface area contributed by atoms with Gasteiger partial charge in [-0.05, 0) is 51.1 Å². The molecule has 0 aromatic rings. The lowest BCUT2D eigenvalue weighted by molar-refractivity contribution is -0.154. The zero-order valence-corrected chi connectivity index (χ0v) is 18.7. The van der Waals surface area contributed by atoms with Crippen LogP contribution in [-0.2, 0) is 32.8 Å². The second-order valence-corrected chi connectivity index (χ2v) is 17.6. The molecule has 9 heteroatoms. The third kappa shape index (κ3) is 6.97. The number of carbonyl (C=O) groups is 4. The molecule has 2 unspecified atom stereocenters. The molecule has 2 rings (SSSR count). The second-order valence-electron chi connectivity index (χ2n) is 8.79. The van der Waals surface area contributed by atoms with E-state index in [2.05, 4.69) is 35.7 Å². The molecule has 152 valence electrons. The van der Waals surface area contributed by atoms with Crippen molar-refractivity contribution in [2.45, 2.75) is 76.8 Å². The average molecular weight is 415 g/mol. The number of carbonyl (C=O) groups excluding carboxylic acids is 4. The van der Waals surface area contributed by atoms with E-state index in [0.29, 0.717) is 12.8 Å². The summed E-state index contributed by atoms with van der Waals surface area (Å²) in [5.41, 5.74) is 0. The summed E-state index contributed by atoms with van der Waals surface area (Å²) >= 11 is 0. The van der Waals surface area contributed by atoms with Gasteiger partial charge in [0.05, 0.1) is 24.7 Å². The van der Waals surface area contributed by atoms with E-state index in [9.17, 15) is 19.2 Å². The molecule has 0 bridgehead atoms. The van der Waals surface area contributed by atoms with Gasteiger partial charge in [0.25, 0.3) is 0 Å². The molecular weight excluding hydrogens is 384 g/mol. The fourth-order valence-electron chi connectivity index (χ4n) is 3.88. The minimum atomic E-state index is -1.88. The molecule has 0 amide bonds. The van der Waals surface area contributed by atoms with Crippen molar-refractivity contribution in [3.8, 4) is 0 Å². The zero-order valence-electron chi connectivity index (χ0n) is 16.7. The van der Waals surface area contributed by atoms with Gasteiger partial charge in [0.15, 0.2) is 16.6 Å². The molecule has 2 aliphatic heterocycles. The highest BCUT2D eigenvalue weighted by molar-refractivity contribution is 6.84. The van der Waals surface area contributed by atoms with E-state index in [1.807, 2.05) is 0 Å². The predicted octanol–water partition coefficient (Wildman–Crippen LogP) is 3.15. The Morgan fingerprint density at radius 1 is 0.778 bits per heavy atom. The lowest BCUT2D eigenvalue weighted by Crippen LogP contribution is -2.44. The lowest BCUT2D eigenvalue weighted by Gasteiger charge is -2.34. The highest BCUT2D eigenvalue weighted by Gasteiger charge is 2.37. The van der Waals surface area contributed by atoms with Crippen molar-refractivity contribution in [1.29, 1.82) is 0 Å². The van der Waals surface area contributed by atoms with Crippen molar-refractivity contribution in [3.63, 3.8) is 0 Å². The summed E-state index contributed by atoms with van der Waals surface area (Å²) in [5.74, 6) is -2.20. The normalized spacial score (nSPS) is 23.7. The third-order valence-corrected chi connectivity index (χ3v) is 12.7. The standard InChI is InChI=1S/C18H30O7Si2/c1-26(2,9-5-7-13-11-15(19)23-17(13)21)25-27(3,4)10-6-8-14-12-16(20)24-18(14)22/h13-14H,5-12H2,1-4H3. The molecule has 2 aliphatic rings. The smallest absolute Gasteiger partial charge is 0.317 e. The molecule has 2 fully saturated rings. The van der Waals surface area contributed by atoms with Crippen LogP contribution in [0.25, 0.3) is 0 Å². The van der Waals surface area contributed by atoms with Crippen molar-refractivity contribution in [1.82, 2.24) is 0 Å². The average Bonchev–Trinajstić information content (AvgIpc) is 2.98. The first-order chi connectivity index (χ1) is 12.5. The van der Waals surface area contributed by atoms with Gasteiger partial charge in [0, 0.05) is 0 Å². The first-order valence-electron chi connectivity index (χ1n) is 9.67. The Hall–Kier alpha value is -1.33. The van der Waals surface area contributed by atoms with Crippen molar-refractivity contribution < 1.29 is 32.8 Å². The highest BCUT2D eigenvalue weighted by atomic mass is 28.4. The quantitative estimate of drug-likeness (QED) is 0.308. The molecule has 0 aromatic heterocycles. The van der Waals surface area contributed by atoms with Crippen LogP contribution >= 0.6 is 0 Å². The zero-order chi connectivity index (χ0) is 20.2. The summed E-state index contributed by atoms with van der Waals surface area (Å²) in [5, 5.41) is 0. The largest absolute Gasteiger partial charge is 0.455 e. The number of cyclic esters (lactones) is 4. The molecule has 2 saturated heterocycles. The van der Waals surface area contributed by atoms with Gasteiger partial charge in [-0.3, -0.25) is 19.2 Å². The summed E-state index contributed by atoms with van der Waals surface area (Å²) < 4.78 is 15.7. The SMILES string of the molecule is C[Si](C)(CCCC1CC(=O)OC1=O)O[Si](C)(C)CCCC1CC(=O)OC1=O. The number of hydrogen-bond acceptors (Lipinski definition) is 7. The van der Waals surface area contributed by atoms with Crippen LogP contribution in [0.2, 0.25) is 38.3 Å². The molecular formula is C18H30O7Si2. The van der Waals surface area contributed by atoms with Gasteiger partial charge in [-0.1, -0.05) is 12.8 Å². The Morgan fingerprint density at radius 2 is 1.15 bits per heavy atom. The van der Waals surface area contributed by atoms with Crippen molar-refractivity contribution in [3.05, 3.63) is 0 Å². The fourth-order valence-corrected chi connectivity index (χ4v) is 12.8. The Bertz CT molecular complexity index is 563. The Labute approximate surface area is 162 Å². The van der Waals surface area contributed by atoms with Crippen LogP contribution in [0.1, 0.15) is 38.5 Å². The summed E-state index contributed by atoms with van der Waals surface area (Å²) in [6.07, 6.45) is 3.45. The highest BCUT2D eigenvalue weighted by Crippen LogP contribution is 2.29. The fraction of sp³-hybridized carbons (Fsp3) is 0.778. The van der Waals surface area contributed by atoms with Gasteiger partial charge in [0.2, 0.25) is 0 Å². The summed E-state index contributed by atoms with van der Waals surface area (Å²) in [7, 11) is -3.75. The van der Waals surface area contributed by atoms with Crippen molar-refractivity contribution in [2.24, 2.45) is 11.8 Å². The van der Waals surface area contributed by atoms with E-state index >= 15 is 0 Å². The number of rotatable bonds is 10. The number of hydrogen-bond donors (Lipinski definition) is 0. The van der Waals surface area contributed by atoms with Crippen LogP contribution in [-0.4, -0.2) is 40.5 Å². The van der Waals surface area contributed by atoms with Crippen LogP contribution in [0.15, 0.2) is 0 Å². The summed E-state index contributed by atoms with van der Waals surface area (Å²) in [4.78, 5) is 45.3. The van der Waals surface area contributed by atoms with Crippen molar-refractivity contribution in [2.75, 3.05) is 0 Å². The van der Waals surface area contributed by atoms with Crippen LogP contribution in [0, 0.1) is 11.8 Å². The Balaban J connectivity index is 1.70. The van der Waals surface area contributed by atoms with E-state index in [4.69, 9.17) is 4.12 Å². The maximum absolute atomic E-state index is 11.5. The second kappa shape index (κ2) is 8.79. The van der Waals surface area contributed by atoms with E-state index < -0.39 is 28.6 Å². The number of ether oxygens (including phenoxy) is 2. The first kappa shape index (κ1) is 22.0. The molecule has 7 nitrogen and oxygen atoms in total. The molecule has 0 aliphatic carbocycles. The lowest BCUT2D eigenvalue weighted by atomic mass is 10.0. The summed E-state index contributed by atoms with van der Waals surface area (Å²) in [6, 6.07) is 1.87. The van der Waals surface area contributed by atoms with Crippen LogP contribution < -0.4 is 0 Å². The Morgan fingerprint density at radius 3 is 1.44 bits per heavy atom. The third-order valence-electron chi connectivity index (χ3n) is 5.14. The molecule has 0 N–H and O–H groups in total. The molecule has 0 radical (unpaired) electrons. The van der Waals surface area contributed by atoms with E-state index in [0.717, 1.165) is 24.9 Å². The molecule has 0 saturated carbocycles. The minimum absolute atomic E-state index is 0.202. The van der Waals surface area contributed by atoms with Gasteiger partial charge in [-0.15, -0.1) is 0 Å². The topological polar surface area (TPSA) is 96.0 Å². The van der Waals surface area contributed by atoms with Crippen LogP contribution in [0.3, 0.4) is 0 Å². The van der Waals surface area contributed by atoms with Gasteiger partial charge in [0.1, 0.15) is 0 Å². The van der Waals surface area contributed by atoms with Gasteiger partial charge in [-0.25, -0.2) is 0 Å². The maximum Gasteiger partial charge on any atom is 0.317 e. The Kier molecular flexibility index (Phi) is 7.15. The minimum Gasteiger partial charge on any atom is -0.455 e. The van der Waals surface area contributed by atoms with Crippen LogP contribution in [0.5, 0.6) is 0 Å². The molecule has 2 atom stereocenters.